The number of sulfonamides is 1. The smallest absolute Gasteiger partial charge is 0.232 e. The first kappa shape index (κ1) is 25.9. The van der Waals surface area contributed by atoms with Crippen LogP contribution >= 0.6 is 23.4 Å². The van der Waals surface area contributed by atoms with Gasteiger partial charge < -0.3 is 10.1 Å². The first-order valence-electron chi connectivity index (χ1n) is 10.6. The minimum absolute atomic E-state index is 0.166. The molecule has 3 aromatic carbocycles. The summed E-state index contributed by atoms with van der Waals surface area (Å²) in [6, 6.07) is 22.2. The fourth-order valence-electron chi connectivity index (χ4n) is 3.33. The molecule has 9 heteroatoms. The third kappa shape index (κ3) is 7.41. The monoisotopic (exact) mass is 518 g/mol. The van der Waals surface area contributed by atoms with E-state index < -0.39 is 10.0 Å². The lowest BCUT2D eigenvalue weighted by Crippen LogP contribution is -2.31. The number of carbonyl (C=O) groups excluding carboxylic acids is 1. The minimum atomic E-state index is -3.54. The largest absolute Gasteiger partial charge is 0.495 e. The van der Waals surface area contributed by atoms with Crippen molar-refractivity contribution in [2.45, 2.75) is 23.5 Å². The summed E-state index contributed by atoms with van der Waals surface area (Å²) in [5, 5.41) is 3.65. The van der Waals surface area contributed by atoms with Gasteiger partial charge in [-0.3, -0.25) is 9.10 Å². The summed E-state index contributed by atoms with van der Waals surface area (Å²) >= 11 is 7.57. The average molecular weight is 519 g/mol. The van der Waals surface area contributed by atoms with E-state index in [0.717, 1.165) is 28.2 Å². The van der Waals surface area contributed by atoms with Crippen LogP contribution in [0.4, 0.5) is 11.4 Å². The van der Waals surface area contributed by atoms with Gasteiger partial charge in [0.15, 0.2) is 0 Å². The summed E-state index contributed by atoms with van der Waals surface area (Å²) in [4.78, 5) is 13.6. The van der Waals surface area contributed by atoms with E-state index in [1.807, 2.05) is 48.5 Å². The zero-order valence-corrected chi connectivity index (χ0v) is 21.4. The van der Waals surface area contributed by atoms with E-state index in [-0.39, 0.29) is 18.9 Å². The van der Waals surface area contributed by atoms with Crippen LogP contribution in [0.1, 0.15) is 18.4 Å². The number of carbonyl (C=O) groups is 1. The fourth-order valence-corrected chi connectivity index (χ4v) is 5.39. The quantitative estimate of drug-likeness (QED) is 0.323. The van der Waals surface area contributed by atoms with E-state index in [4.69, 9.17) is 16.3 Å². The molecule has 1 N–H and O–H groups in total. The minimum Gasteiger partial charge on any atom is -0.495 e. The highest BCUT2D eigenvalue weighted by Gasteiger charge is 2.21. The molecule has 0 atom stereocenters. The molecule has 0 aliphatic carbocycles. The van der Waals surface area contributed by atoms with Gasteiger partial charge in [-0.05, 0) is 48.4 Å². The number of hydrogen-bond donors (Lipinski definition) is 1. The van der Waals surface area contributed by atoms with Crippen molar-refractivity contribution in [2.75, 3.05) is 29.5 Å². The van der Waals surface area contributed by atoms with Gasteiger partial charge in [0.1, 0.15) is 5.75 Å². The summed E-state index contributed by atoms with van der Waals surface area (Å²) in [7, 11) is -2.05. The molecule has 0 saturated heterocycles. The van der Waals surface area contributed by atoms with Gasteiger partial charge in [-0.15, -0.1) is 11.8 Å². The molecule has 0 aliphatic heterocycles. The van der Waals surface area contributed by atoms with Crippen molar-refractivity contribution in [2.24, 2.45) is 0 Å². The van der Waals surface area contributed by atoms with Crippen molar-refractivity contribution in [1.82, 2.24) is 0 Å². The standard InChI is InChI=1S/C25H27ClN2O4S2/c1-32-23-10-5-4-9-22(23)28(34(2,30)31)17-7-12-25(29)27-21-8-3-6-11-24(21)33-18-19-13-15-20(26)16-14-19/h3-6,8-11,13-16H,7,12,17-18H2,1-2H3,(H,27,29). The van der Waals surface area contributed by atoms with Crippen molar-refractivity contribution in [3.05, 3.63) is 83.4 Å². The Hall–Kier alpha value is -2.68. The molecule has 0 aliphatic rings. The number of ether oxygens (including phenoxy) is 1. The second-order valence-corrected chi connectivity index (χ2v) is 10.9. The first-order chi connectivity index (χ1) is 16.3. The molecule has 0 fully saturated rings. The SMILES string of the molecule is COc1ccccc1N(CCCC(=O)Nc1ccccc1SCc1ccc(Cl)cc1)S(C)(=O)=O. The normalized spacial score (nSPS) is 11.1. The predicted octanol–water partition coefficient (Wildman–Crippen LogP) is 5.83. The number of hydrogen-bond acceptors (Lipinski definition) is 5. The molecular formula is C25H27ClN2O4S2. The number of halogens is 1. The predicted molar refractivity (Wildman–Crippen MR) is 141 cm³/mol. The molecule has 3 rings (SSSR count). The van der Waals surface area contributed by atoms with Gasteiger partial charge >= 0.3 is 0 Å². The lowest BCUT2D eigenvalue weighted by Gasteiger charge is -2.24. The second kappa shape index (κ2) is 12.1. The average Bonchev–Trinajstić information content (AvgIpc) is 2.81. The van der Waals surface area contributed by atoms with Gasteiger partial charge in [-0.2, -0.15) is 0 Å². The van der Waals surface area contributed by atoms with Crippen LogP contribution in [-0.2, 0) is 20.6 Å². The molecule has 34 heavy (non-hydrogen) atoms. The number of nitrogens with zero attached hydrogens (tertiary/aromatic N) is 1. The molecule has 0 unspecified atom stereocenters. The first-order valence-corrected chi connectivity index (χ1v) is 13.9. The van der Waals surface area contributed by atoms with Gasteiger partial charge in [0, 0.05) is 28.6 Å². The molecule has 1 amide bonds. The third-order valence-electron chi connectivity index (χ3n) is 4.99. The zero-order valence-electron chi connectivity index (χ0n) is 19.0. The third-order valence-corrected chi connectivity index (χ3v) is 7.56. The van der Waals surface area contributed by atoms with Crippen molar-refractivity contribution in [3.8, 4) is 5.75 Å². The Bertz CT molecular complexity index is 1220. The number of thioether (sulfide) groups is 1. The number of anilines is 2. The summed E-state index contributed by atoms with van der Waals surface area (Å²) in [5.74, 6) is 1.03. The van der Waals surface area contributed by atoms with E-state index in [9.17, 15) is 13.2 Å². The number of para-hydroxylation sites is 3. The Morgan fingerprint density at radius 1 is 1.03 bits per heavy atom. The van der Waals surface area contributed by atoms with Crippen molar-refractivity contribution in [1.29, 1.82) is 0 Å². The molecule has 0 spiro atoms. The number of nitrogens with one attached hydrogen (secondary N) is 1. The molecule has 6 nitrogen and oxygen atoms in total. The highest BCUT2D eigenvalue weighted by Crippen LogP contribution is 2.31. The van der Waals surface area contributed by atoms with Gasteiger partial charge in [0.2, 0.25) is 15.9 Å². The van der Waals surface area contributed by atoms with E-state index in [2.05, 4.69) is 5.32 Å². The summed E-state index contributed by atoms with van der Waals surface area (Å²) in [6.45, 7) is 0.166. The number of amides is 1. The van der Waals surface area contributed by atoms with Gasteiger partial charge in [0.05, 0.1) is 24.7 Å². The highest BCUT2D eigenvalue weighted by molar-refractivity contribution is 7.98. The van der Waals surface area contributed by atoms with Gasteiger partial charge in [-0.1, -0.05) is 48.0 Å². The van der Waals surface area contributed by atoms with Gasteiger partial charge in [-0.25, -0.2) is 8.42 Å². The van der Waals surface area contributed by atoms with E-state index in [1.54, 1.807) is 36.0 Å². The van der Waals surface area contributed by atoms with Crippen LogP contribution in [0.2, 0.25) is 5.02 Å². The number of benzene rings is 3. The second-order valence-electron chi connectivity index (χ2n) is 7.57. The van der Waals surface area contributed by atoms with Crippen molar-refractivity contribution in [3.63, 3.8) is 0 Å². The number of rotatable bonds is 11. The van der Waals surface area contributed by atoms with Crippen LogP contribution in [0.3, 0.4) is 0 Å². The maximum Gasteiger partial charge on any atom is 0.232 e. The van der Waals surface area contributed by atoms with E-state index in [0.29, 0.717) is 22.9 Å². The van der Waals surface area contributed by atoms with E-state index in [1.165, 1.54) is 11.4 Å². The molecule has 0 saturated carbocycles. The molecule has 0 radical (unpaired) electrons. The topological polar surface area (TPSA) is 75.7 Å². The van der Waals surface area contributed by atoms with Crippen LogP contribution < -0.4 is 14.4 Å². The van der Waals surface area contributed by atoms with E-state index >= 15 is 0 Å². The molecule has 0 heterocycles. The Morgan fingerprint density at radius 3 is 2.41 bits per heavy atom. The fraction of sp³-hybridized carbons (Fsp3) is 0.240. The molecular weight excluding hydrogens is 492 g/mol. The lowest BCUT2D eigenvalue weighted by atomic mass is 10.2. The maximum absolute atomic E-state index is 12.6. The van der Waals surface area contributed by atoms with Gasteiger partial charge in [0.25, 0.3) is 0 Å². The van der Waals surface area contributed by atoms with Crippen LogP contribution in [0.25, 0.3) is 0 Å². The molecule has 3 aromatic rings. The van der Waals surface area contributed by atoms with Crippen LogP contribution in [0.15, 0.2) is 77.7 Å². The molecule has 0 bridgehead atoms. The van der Waals surface area contributed by atoms with Crippen LogP contribution in [-0.4, -0.2) is 34.2 Å². The Kier molecular flexibility index (Phi) is 9.27. The van der Waals surface area contributed by atoms with Crippen LogP contribution in [0, 0.1) is 0 Å². The molecule has 180 valence electrons. The lowest BCUT2D eigenvalue weighted by molar-refractivity contribution is -0.116. The summed E-state index contributed by atoms with van der Waals surface area (Å²) < 4.78 is 31.3. The Morgan fingerprint density at radius 2 is 1.71 bits per heavy atom. The zero-order chi connectivity index (χ0) is 24.6. The van der Waals surface area contributed by atoms with Crippen molar-refractivity contribution >= 4 is 50.7 Å². The Balaban J connectivity index is 1.59. The summed E-state index contributed by atoms with van der Waals surface area (Å²) in [5.41, 5.74) is 2.32. The summed E-state index contributed by atoms with van der Waals surface area (Å²) in [6.07, 6.45) is 1.68. The maximum atomic E-state index is 12.6. The van der Waals surface area contributed by atoms with Crippen molar-refractivity contribution < 1.29 is 17.9 Å². The highest BCUT2D eigenvalue weighted by atomic mass is 35.5. The Labute approximate surface area is 210 Å². The number of methoxy groups -OCH3 is 1. The van der Waals surface area contributed by atoms with Crippen LogP contribution in [0.5, 0.6) is 5.75 Å². The molecule has 0 aromatic heterocycles.